The number of rotatable bonds is 1. The van der Waals surface area contributed by atoms with Crippen molar-refractivity contribution >= 4 is 11.4 Å². The molecule has 4 N–H and O–H groups in total. The Morgan fingerprint density at radius 3 is 2.71 bits per heavy atom. The zero-order valence-electron chi connectivity index (χ0n) is 9.56. The molecule has 2 unspecified atom stereocenters. The van der Waals surface area contributed by atoms with Gasteiger partial charge in [-0.25, -0.2) is 0 Å². The predicted octanol–water partition coefficient (Wildman–Crippen LogP) is 2.16. The van der Waals surface area contributed by atoms with Crippen LogP contribution in [0.15, 0.2) is 42.5 Å². The summed E-state index contributed by atoms with van der Waals surface area (Å²) in [6.45, 7) is 0. The van der Waals surface area contributed by atoms with Crippen molar-refractivity contribution < 1.29 is 9.13 Å². The lowest BCUT2D eigenvalue weighted by Crippen LogP contribution is -2.14. The summed E-state index contributed by atoms with van der Waals surface area (Å²) < 4.78 is 15.2. The summed E-state index contributed by atoms with van der Waals surface area (Å²) in [5, 5.41) is 0. The van der Waals surface area contributed by atoms with Gasteiger partial charge in [-0.1, -0.05) is 30.4 Å². The number of epoxide rings is 1. The maximum absolute atomic E-state index is 9.50. The number of halogens is 1. The number of nitrogens with two attached hydrogens (primary N) is 2. The lowest BCUT2D eigenvalue weighted by Gasteiger charge is -2.13. The van der Waals surface area contributed by atoms with Gasteiger partial charge in [0.2, 0.25) is 0 Å². The molecule has 1 heterocycles. The SMILES string of the molecule is CF.Nc1cccc(C23C=CC=CC2O3)c1N. The van der Waals surface area contributed by atoms with E-state index in [9.17, 15) is 4.39 Å². The number of fused-ring (bicyclic) bond motifs is 1. The highest BCUT2D eigenvalue weighted by atomic mass is 19.1. The van der Waals surface area contributed by atoms with Gasteiger partial charge in [-0.05, 0) is 12.1 Å². The molecular weight excluding hydrogens is 219 g/mol. The molecule has 1 saturated heterocycles. The van der Waals surface area contributed by atoms with Crippen LogP contribution in [0.5, 0.6) is 0 Å². The molecule has 1 aromatic carbocycles. The molecule has 3 nitrogen and oxygen atoms in total. The van der Waals surface area contributed by atoms with Crippen molar-refractivity contribution in [1.29, 1.82) is 0 Å². The zero-order valence-corrected chi connectivity index (χ0v) is 9.56. The number of hydrogen-bond donors (Lipinski definition) is 2. The summed E-state index contributed by atoms with van der Waals surface area (Å²) in [5.41, 5.74) is 13.6. The first-order chi connectivity index (χ1) is 8.24. The Bertz CT molecular complexity index is 484. The Kier molecular flexibility index (Phi) is 2.90. The molecular formula is C13H15FN2O. The minimum absolute atomic E-state index is 0.117. The topological polar surface area (TPSA) is 64.6 Å². The van der Waals surface area contributed by atoms with Crippen LogP contribution in [0, 0.1) is 0 Å². The Morgan fingerprint density at radius 2 is 2.00 bits per heavy atom. The fraction of sp³-hybridized carbons (Fsp3) is 0.231. The first-order valence-electron chi connectivity index (χ1n) is 5.30. The molecule has 17 heavy (non-hydrogen) atoms. The number of anilines is 2. The first-order valence-corrected chi connectivity index (χ1v) is 5.30. The maximum atomic E-state index is 9.50. The number of benzene rings is 1. The van der Waals surface area contributed by atoms with E-state index in [0.29, 0.717) is 18.6 Å². The molecule has 0 aromatic heterocycles. The molecule has 0 radical (unpaired) electrons. The minimum atomic E-state index is -0.353. The molecule has 90 valence electrons. The van der Waals surface area contributed by atoms with E-state index in [2.05, 4.69) is 0 Å². The third kappa shape index (κ3) is 1.70. The van der Waals surface area contributed by atoms with Crippen molar-refractivity contribution in [1.82, 2.24) is 0 Å². The lowest BCUT2D eigenvalue weighted by atomic mass is 9.90. The Morgan fingerprint density at radius 1 is 1.24 bits per heavy atom. The van der Waals surface area contributed by atoms with Crippen molar-refractivity contribution in [3.63, 3.8) is 0 Å². The third-order valence-corrected chi connectivity index (χ3v) is 2.99. The van der Waals surface area contributed by atoms with Gasteiger partial charge in [0, 0.05) is 5.56 Å². The third-order valence-electron chi connectivity index (χ3n) is 2.99. The number of alkyl halides is 1. The number of nitrogen functional groups attached to an aromatic ring is 2. The van der Waals surface area contributed by atoms with Crippen molar-refractivity contribution in [2.75, 3.05) is 18.6 Å². The molecule has 0 saturated carbocycles. The van der Waals surface area contributed by atoms with E-state index in [1.54, 1.807) is 6.07 Å². The first kappa shape index (κ1) is 11.7. The Labute approximate surface area is 99.6 Å². The van der Waals surface area contributed by atoms with Crippen LogP contribution in [-0.2, 0) is 10.3 Å². The van der Waals surface area contributed by atoms with Gasteiger partial charge >= 0.3 is 0 Å². The largest absolute Gasteiger partial charge is 0.397 e. The quantitative estimate of drug-likeness (QED) is 0.578. The molecule has 0 bridgehead atoms. The molecule has 1 fully saturated rings. The molecule has 3 rings (SSSR count). The Hall–Kier alpha value is -1.81. The van der Waals surface area contributed by atoms with Gasteiger partial charge in [-0.2, -0.15) is 0 Å². The van der Waals surface area contributed by atoms with Crippen LogP contribution in [0.1, 0.15) is 5.56 Å². The van der Waals surface area contributed by atoms with Gasteiger partial charge in [0.1, 0.15) is 11.7 Å². The predicted molar refractivity (Wildman–Crippen MR) is 67.1 cm³/mol. The summed E-state index contributed by atoms with van der Waals surface area (Å²) in [7, 11) is 0.500. The molecule has 4 heteroatoms. The van der Waals surface area contributed by atoms with E-state index in [0.717, 1.165) is 5.56 Å². The average molecular weight is 234 g/mol. The van der Waals surface area contributed by atoms with Crippen LogP contribution in [0.3, 0.4) is 0 Å². The van der Waals surface area contributed by atoms with Crippen molar-refractivity contribution in [3.05, 3.63) is 48.1 Å². The van der Waals surface area contributed by atoms with E-state index in [-0.39, 0.29) is 11.7 Å². The smallest absolute Gasteiger partial charge is 0.144 e. The van der Waals surface area contributed by atoms with Crippen LogP contribution in [0.4, 0.5) is 15.8 Å². The molecule has 1 aliphatic carbocycles. The molecule has 0 amide bonds. The lowest BCUT2D eigenvalue weighted by molar-refractivity contribution is 0.346. The zero-order chi connectivity index (χ0) is 12.5. The van der Waals surface area contributed by atoms with Crippen LogP contribution >= 0.6 is 0 Å². The van der Waals surface area contributed by atoms with Crippen LogP contribution in [-0.4, -0.2) is 13.3 Å². The number of para-hydroxylation sites is 1. The second-order valence-corrected chi connectivity index (χ2v) is 3.88. The highest BCUT2D eigenvalue weighted by Gasteiger charge is 2.56. The Balaban J connectivity index is 0.000000514. The highest BCUT2D eigenvalue weighted by Crippen LogP contribution is 2.52. The van der Waals surface area contributed by atoms with Crippen LogP contribution in [0.2, 0.25) is 0 Å². The van der Waals surface area contributed by atoms with E-state index in [1.165, 1.54) is 0 Å². The summed E-state index contributed by atoms with van der Waals surface area (Å²) in [6, 6.07) is 5.67. The van der Waals surface area contributed by atoms with Crippen LogP contribution in [0.25, 0.3) is 0 Å². The van der Waals surface area contributed by atoms with Crippen molar-refractivity contribution in [2.45, 2.75) is 11.7 Å². The normalized spacial score (nSPS) is 28.0. The minimum Gasteiger partial charge on any atom is -0.397 e. The van der Waals surface area contributed by atoms with Gasteiger partial charge < -0.3 is 16.2 Å². The number of allylic oxidation sites excluding steroid dienone is 2. The van der Waals surface area contributed by atoms with Gasteiger partial charge in [0.05, 0.1) is 18.6 Å². The molecule has 1 aromatic rings. The maximum Gasteiger partial charge on any atom is 0.144 e. The fourth-order valence-electron chi connectivity index (χ4n) is 2.09. The summed E-state index contributed by atoms with van der Waals surface area (Å²) in [4.78, 5) is 0. The van der Waals surface area contributed by atoms with E-state index < -0.39 is 0 Å². The monoisotopic (exact) mass is 234 g/mol. The van der Waals surface area contributed by atoms with Gasteiger partial charge in [-0.15, -0.1) is 0 Å². The van der Waals surface area contributed by atoms with E-state index >= 15 is 0 Å². The highest BCUT2D eigenvalue weighted by molar-refractivity contribution is 5.70. The second-order valence-electron chi connectivity index (χ2n) is 3.88. The van der Waals surface area contributed by atoms with Gasteiger partial charge in [0.15, 0.2) is 0 Å². The summed E-state index contributed by atoms with van der Waals surface area (Å²) in [6.07, 6.45) is 8.14. The molecule has 2 atom stereocenters. The van der Waals surface area contributed by atoms with Gasteiger partial charge in [0.25, 0.3) is 0 Å². The molecule has 2 aliphatic rings. The summed E-state index contributed by atoms with van der Waals surface area (Å²) in [5.74, 6) is 0. The standard InChI is InChI=1S/C12H12N2O.CH3F/c13-9-5-3-4-8(11(9)14)12-7-2-1-6-10(12)15-12;1-2/h1-7,10H,13-14H2;1H3. The summed E-state index contributed by atoms with van der Waals surface area (Å²) >= 11 is 0. The molecule has 1 aliphatic heterocycles. The fourth-order valence-corrected chi connectivity index (χ4v) is 2.09. The van der Waals surface area contributed by atoms with E-state index in [1.807, 2.05) is 36.4 Å². The van der Waals surface area contributed by atoms with Gasteiger partial charge in [-0.3, -0.25) is 4.39 Å². The van der Waals surface area contributed by atoms with E-state index in [4.69, 9.17) is 16.2 Å². The van der Waals surface area contributed by atoms with Crippen LogP contribution < -0.4 is 11.5 Å². The number of ether oxygens (including phenoxy) is 1. The second kappa shape index (κ2) is 4.22. The molecule has 0 spiro atoms. The number of hydrogen-bond acceptors (Lipinski definition) is 3. The van der Waals surface area contributed by atoms with Crippen molar-refractivity contribution in [2.24, 2.45) is 0 Å². The average Bonchev–Trinajstić information content (AvgIpc) is 3.10. The van der Waals surface area contributed by atoms with Crippen molar-refractivity contribution in [3.8, 4) is 0 Å².